The van der Waals surface area contributed by atoms with E-state index in [1.807, 2.05) is 12.1 Å². The first kappa shape index (κ1) is 12.3. The molecule has 1 heterocycles. The number of rotatable bonds is 1. The van der Waals surface area contributed by atoms with E-state index in [1.54, 1.807) is 0 Å². The lowest BCUT2D eigenvalue weighted by Crippen LogP contribution is -2.42. The molecule has 2 nitrogen and oxygen atoms in total. The lowest BCUT2D eigenvalue weighted by Gasteiger charge is -2.42. The smallest absolute Gasteiger partial charge is 0.0611 e. The standard InChI is InChI=1S/C15H21BrN2/c16-13-5-6-14(17)15(9-13)18-8-7-11-3-1-2-4-12(11)10-18/h5-6,9,11-12H,1-4,7-8,10,17H2. The predicted molar refractivity (Wildman–Crippen MR) is 80.8 cm³/mol. The van der Waals surface area contributed by atoms with Gasteiger partial charge in [0.05, 0.1) is 11.4 Å². The van der Waals surface area contributed by atoms with Crippen molar-refractivity contribution in [2.24, 2.45) is 11.8 Å². The van der Waals surface area contributed by atoms with Gasteiger partial charge >= 0.3 is 0 Å². The number of hydrogen-bond donors (Lipinski definition) is 1. The van der Waals surface area contributed by atoms with Gasteiger partial charge in [-0.25, -0.2) is 0 Å². The minimum Gasteiger partial charge on any atom is -0.397 e. The van der Waals surface area contributed by atoms with Crippen LogP contribution < -0.4 is 10.6 Å². The molecule has 2 atom stereocenters. The molecule has 3 heteroatoms. The van der Waals surface area contributed by atoms with E-state index in [9.17, 15) is 0 Å². The lowest BCUT2D eigenvalue weighted by molar-refractivity contribution is 0.202. The molecule has 1 saturated heterocycles. The van der Waals surface area contributed by atoms with E-state index in [2.05, 4.69) is 26.9 Å². The third kappa shape index (κ3) is 2.37. The average molecular weight is 309 g/mol. The van der Waals surface area contributed by atoms with Crippen molar-refractivity contribution in [1.82, 2.24) is 0 Å². The molecule has 3 rings (SSSR count). The molecule has 0 amide bonds. The maximum atomic E-state index is 6.13. The van der Waals surface area contributed by atoms with Crippen molar-refractivity contribution in [2.75, 3.05) is 23.7 Å². The Balaban J connectivity index is 1.79. The monoisotopic (exact) mass is 308 g/mol. The molecule has 18 heavy (non-hydrogen) atoms. The van der Waals surface area contributed by atoms with Gasteiger partial charge in [-0.2, -0.15) is 0 Å². The number of nitrogens with zero attached hydrogens (tertiary/aromatic N) is 1. The lowest BCUT2D eigenvalue weighted by atomic mass is 9.75. The van der Waals surface area contributed by atoms with Crippen LogP contribution >= 0.6 is 15.9 Å². The van der Waals surface area contributed by atoms with Gasteiger partial charge in [-0.3, -0.25) is 0 Å². The molecule has 1 saturated carbocycles. The number of piperidine rings is 1. The van der Waals surface area contributed by atoms with Crippen molar-refractivity contribution in [3.63, 3.8) is 0 Å². The summed E-state index contributed by atoms with van der Waals surface area (Å²) in [6.45, 7) is 2.37. The highest BCUT2D eigenvalue weighted by Crippen LogP contribution is 2.39. The predicted octanol–water partition coefficient (Wildman–Crippen LogP) is 4.05. The van der Waals surface area contributed by atoms with Crippen LogP contribution in [0.15, 0.2) is 22.7 Å². The highest BCUT2D eigenvalue weighted by atomic mass is 79.9. The van der Waals surface area contributed by atoms with Gasteiger partial charge in [0.2, 0.25) is 0 Å². The zero-order chi connectivity index (χ0) is 12.5. The van der Waals surface area contributed by atoms with Crippen LogP contribution in [0.4, 0.5) is 11.4 Å². The van der Waals surface area contributed by atoms with Gasteiger partial charge in [-0.05, 0) is 42.9 Å². The Kier molecular flexibility index (Phi) is 3.51. The highest BCUT2D eigenvalue weighted by molar-refractivity contribution is 9.10. The van der Waals surface area contributed by atoms with Gasteiger partial charge in [-0.1, -0.05) is 35.2 Å². The first-order valence-electron chi connectivity index (χ1n) is 7.04. The van der Waals surface area contributed by atoms with Crippen LogP contribution in [0.5, 0.6) is 0 Å². The summed E-state index contributed by atoms with van der Waals surface area (Å²) < 4.78 is 1.12. The van der Waals surface area contributed by atoms with Crippen molar-refractivity contribution in [3.05, 3.63) is 22.7 Å². The molecular formula is C15H21BrN2. The summed E-state index contributed by atoms with van der Waals surface area (Å²) >= 11 is 3.55. The topological polar surface area (TPSA) is 29.3 Å². The van der Waals surface area contributed by atoms with E-state index in [0.29, 0.717) is 0 Å². The summed E-state index contributed by atoms with van der Waals surface area (Å²) in [6.07, 6.45) is 7.07. The minimum absolute atomic E-state index is 0.894. The van der Waals surface area contributed by atoms with Gasteiger partial charge in [-0.15, -0.1) is 0 Å². The van der Waals surface area contributed by atoms with E-state index < -0.39 is 0 Å². The zero-order valence-corrected chi connectivity index (χ0v) is 12.3. The molecule has 2 aliphatic rings. The Hall–Kier alpha value is -0.700. The Bertz CT molecular complexity index is 433. The maximum Gasteiger partial charge on any atom is 0.0611 e. The molecule has 1 aromatic carbocycles. The maximum absolute atomic E-state index is 6.13. The van der Waals surface area contributed by atoms with Crippen molar-refractivity contribution >= 4 is 27.3 Å². The van der Waals surface area contributed by atoms with Crippen LogP contribution in [-0.2, 0) is 0 Å². The average Bonchev–Trinajstić information content (AvgIpc) is 2.41. The van der Waals surface area contributed by atoms with Crippen LogP contribution in [0.1, 0.15) is 32.1 Å². The van der Waals surface area contributed by atoms with E-state index in [0.717, 1.165) is 22.0 Å². The first-order valence-corrected chi connectivity index (χ1v) is 7.83. The van der Waals surface area contributed by atoms with Gasteiger partial charge in [0, 0.05) is 17.6 Å². The summed E-state index contributed by atoms with van der Waals surface area (Å²) in [7, 11) is 0. The second-order valence-corrected chi connectivity index (χ2v) is 6.66. The van der Waals surface area contributed by atoms with Crippen LogP contribution in [0.2, 0.25) is 0 Å². The summed E-state index contributed by atoms with van der Waals surface area (Å²) in [4.78, 5) is 2.49. The fourth-order valence-corrected chi connectivity index (χ4v) is 3.96. The highest BCUT2D eigenvalue weighted by Gasteiger charge is 2.31. The number of anilines is 2. The van der Waals surface area contributed by atoms with Gasteiger partial charge in [0.15, 0.2) is 0 Å². The Morgan fingerprint density at radius 2 is 1.89 bits per heavy atom. The number of halogens is 1. The van der Waals surface area contributed by atoms with Crippen molar-refractivity contribution in [2.45, 2.75) is 32.1 Å². The number of benzene rings is 1. The normalized spacial score (nSPS) is 27.9. The SMILES string of the molecule is Nc1ccc(Br)cc1N1CCC2CCCCC2C1. The van der Waals surface area contributed by atoms with Crippen LogP contribution in [0.25, 0.3) is 0 Å². The van der Waals surface area contributed by atoms with Crippen molar-refractivity contribution in [3.8, 4) is 0 Å². The largest absolute Gasteiger partial charge is 0.397 e. The second kappa shape index (κ2) is 5.12. The molecular weight excluding hydrogens is 288 g/mol. The van der Waals surface area contributed by atoms with Gasteiger partial charge in [0.25, 0.3) is 0 Å². The molecule has 0 aromatic heterocycles. The van der Waals surface area contributed by atoms with E-state index >= 15 is 0 Å². The second-order valence-electron chi connectivity index (χ2n) is 5.74. The number of nitrogen functional groups attached to an aromatic ring is 1. The van der Waals surface area contributed by atoms with Gasteiger partial charge in [0.1, 0.15) is 0 Å². The van der Waals surface area contributed by atoms with Crippen molar-refractivity contribution < 1.29 is 0 Å². The summed E-state index contributed by atoms with van der Waals surface area (Å²) in [5.74, 6) is 1.87. The molecule has 2 unspecified atom stereocenters. The quantitative estimate of drug-likeness (QED) is 0.793. The first-order chi connectivity index (χ1) is 8.74. The molecule has 98 valence electrons. The minimum atomic E-state index is 0.894. The molecule has 0 radical (unpaired) electrons. The Morgan fingerprint density at radius 1 is 1.11 bits per heavy atom. The molecule has 1 aliphatic heterocycles. The van der Waals surface area contributed by atoms with E-state index in [1.165, 1.54) is 50.9 Å². The zero-order valence-electron chi connectivity index (χ0n) is 10.7. The van der Waals surface area contributed by atoms with Crippen LogP contribution in [0.3, 0.4) is 0 Å². The molecule has 0 bridgehead atoms. The molecule has 1 aromatic rings. The van der Waals surface area contributed by atoms with E-state index in [4.69, 9.17) is 5.73 Å². The third-order valence-corrected chi connectivity index (χ3v) is 5.12. The molecule has 1 aliphatic carbocycles. The van der Waals surface area contributed by atoms with Crippen LogP contribution in [-0.4, -0.2) is 13.1 Å². The fourth-order valence-electron chi connectivity index (χ4n) is 3.61. The fraction of sp³-hybridized carbons (Fsp3) is 0.600. The summed E-state index contributed by atoms with van der Waals surface area (Å²) in [6, 6.07) is 6.19. The summed E-state index contributed by atoms with van der Waals surface area (Å²) in [5.41, 5.74) is 8.25. The van der Waals surface area contributed by atoms with Crippen molar-refractivity contribution in [1.29, 1.82) is 0 Å². The Morgan fingerprint density at radius 3 is 2.72 bits per heavy atom. The third-order valence-electron chi connectivity index (χ3n) is 4.62. The molecule has 0 spiro atoms. The Labute approximate surface area is 118 Å². The number of hydrogen-bond acceptors (Lipinski definition) is 2. The summed E-state index contributed by atoms with van der Waals surface area (Å²) in [5, 5.41) is 0. The number of fused-ring (bicyclic) bond motifs is 1. The van der Waals surface area contributed by atoms with Gasteiger partial charge < -0.3 is 10.6 Å². The molecule has 2 fully saturated rings. The number of nitrogens with two attached hydrogens (primary N) is 1. The van der Waals surface area contributed by atoms with E-state index in [-0.39, 0.29) is 0 Å². The van der Waals surface area contributed by atoms with Crippen LogP contribution in [0, 0.1) is 11.8 Å². The molecule has 2 N–H and O–H groups in total.